The second-order valence-electron chi connectivity index (χ2n) is 6.18. The van der Waals surface area contributed by atoms with Gasteiger partial charge in [0, 0.05) is 31.5 Å². The summed E-state index contributed by atoms with van der Waals surface area (Å²) in [5.74, 6) is 1.04. The lowest BCUT2D eigenvalue weighted by molar-refractivity contribution is -0.126. The molecular weight excluding hydrogens is 264 g/mol. The van der Waals surface area contributed by atoms with Crippen LogP contribution in [0.5, 0.6) is 0 Å². The van der Waals surface area contributed by atoms with Gasteiger partial charge in [-0.15, -0.1) is 0 Å². The van der Waals surface area contributed by atoms with E-state index in [1.54, 1.807) is 12.4 Å². The van der Waals surface area contributed by atoms with E-state index in [9.17, 15) is 4.79 Å². The molecule has 1 aromatic rings. The smallest absolute Gasteiger partial charge is 0.225 e. The van der Waals surface area contributed by atoms with E-state index in [4.69, 9.17) is 0 Å². The molecule has 114 valence electrons. The molecule has 5 nitrogen and oxygen atoms in total. The van der Waals surface area contributed by atoms with E-state index in [1.807, 2.05) is 6.07 Å². The van der Waals surface area contributed by atoms with Crippen LogP contribution in [0, 0.1) is 5.92 Å². The lowest BCUT2D eigenvalue weighted by atomic mass is 9.93. The standard InChI is InChI=1S/C16H24N4O/c21-15(19-14-7-2-1-3-8-14)13-6-4-11-20(12-13)16-17-9-5-10-18-16/h5,9-10,13-14H,1-4,6-8,11-12H2,(H,19,21)/t13-/m1/s1. The van der Waals surface area contributed by atoms with Gasteiger partial charge in [0.2, 0.25) is 11.9 Å². The molecule has 1 saturated carbocycles. The normalized spacial score (nSPS) is 23.8. The molecule has 5 heteroatoms. The Morgan fingerprint density at radius 1 is 1.10 bits per heavy atom. The van der Waals surface area contributed by atoms with Crippen LogP contribution in [0.2, 0.25) is 0 Å². The van der Waals surface area contributed by atoms with Gasteiger partial charge in [-0.05, 0) is 31.7 Å². The summed E-state index contributed by atoms with van der Waals surface area (Å²) >= 11 is 0. The van der Waals surface area contributed by atoms with Crippen molar-refractivity contribution < 1.29 is 4.79 Å². The van der Waals surface area contributed by atoms with E-state index in [0.717, 1.165) is 44.7 Å². The fourth-order valence-electron chi connectivity index (χ4n) is 3.39. The molecule has 1 atom stereocenters. The zero-order chi connectivity index (χ0) is 14.5. The average Bonchev–Trinajstić information content (AvgIpc) is 2.57. The highest BCUT2D eigenvalue weighted by molar-refractivity contribution is 5.79. The highest BCUT2D eigenvalue weighted by Crippen LogP contribution is 2.22. The molecule has 0 aromatic carbocycles. The van der Waals surface area contributed by atoms with Gasteiger partial charge in [0.15, 0.2) is 0 Å². The van der Waals surface area contributed by atoms with Crippen LogP contribution in [-0.4, -0.2) is 35.0 Å². The molecule has 0 bridgehead atoms. The number of carbonyl (C=O) groups excluding carboxylic acids is 1. The van der Waals surface area contributed by atoms with Gasteiger partial charge in [-0.1, -0.05) is 19.3 Å². The summed E-state index contributed by atoms with van der Waals surface area (Å²) < 4.78 is 0. The van der Waals surface area contributed by atoms with Gasteiger partial charge in [-0.2, -0.15) is 0 Å². The van der Waals surface area contributed by atoms with Crippen LogP contribution < -0.4 is 10.2 Å². The molecule has 21 heavy (non-hydrogen) atoms. The van der Waals surface area contributed by atoms with Gasteiger partial charge in [-0.3, -0.25) is 4.79 Å². The van der Waals surface area contributed by atoms with Crippen LogP contribution in [0.4, 0.5) is 5.95 Å². The van der Waals surface area contributed by atoms with E-state index < -0.39 is 0 Å². The van der Waals surface area contributed by atoms with Crippen molar-refractivity contribution in [3.05, 3.63) is 18.5 Å². The van der Waals surface area contributed by atoms with Crippen LogP contribution in [0.15, 0.2) is 18.5 Å². The minimum Gasteiger partial charge on any atom is -0.353 e. The number of carbonyl (C=O) groups is 1. The van der Waals surface area contributed by atoms with Gasteiger partial charge in [0.1, 0.15) is 0 Å². The molecule has 3 rings (SSSR count). The number of piperidine rings is 1. The van der Waals surface area contributed by atoms with Gasteiger partial charge < -0.3 is 10.2 Å². The Bertz CT molecular complexity index is 459. The predicted octanol–water partition coefficient (Wildman–Crippen LogP) is 2.14. The molecule has 1 amide bonds. The number of rotatable bonds is 3. The Labute approximate surface area is 126 Å². The van der Waals surface area contributed by atoms with E-state index in [-0.39, 0.29) is 11.8 Å². The number of hydrogen-bond acceptors (Lipinski definition) is 4. The SMILES string of the molecule is O=C(NC1CCCCC1)[C@@H]1CCCN(c2ncccn2)C1. The van der Waals surface area contributed by atoms with E-state index in [1.165, 1.54) is 19.3 Å². The molecule has 1 aromatic heterocycles. The van der Waals surface area contributed by atoms with Crippen molar-refractivity contribution in [1.82, 2.24) is 15.3 Å². The van der Waals surface area contributed by atoms with Gasteiger partial charge in [-0.25, -0.2) is 9.97 Å². The molecule has 0 unspecified atom stereocenters. The fraction of sp³-hybridized carbons (Fsp3) is 0.688. The second kappa shape index (κ2) is 6.87. The summed E-state index contributed by atoms with van der Waals surface area (Å²) in [6, 6.07) is 2.22. The van der Waals surface area contributed by atoms with Crippen LogP contribution in [0.1, 0.15) is 44.9 Å². The molecule has 0 spiro atoms. The van der Waals surface area contributed by atoms with Gasteiger partial charge in [0.05, 0.1) is 5.92 Å². The Hall–Kier alpha value is -1.65. The monoisotopic (exact) mass is 288 g/mol. The summed E-state index contributed by atoms with van der Waals surface area (Å²) in [4.78, 5) is 23.2. The van der Waals surface area contributed by atoms with Crippen molar-refractivity contribution in [2.75, 3.05) is 18.0 Å². The Balaban J connectivity index is 1.56. The molecule has 0 radical (unpaired) electrons. The molecule has 2 fully saturated rings. The summed E-state index contributed by atoms with van der Waals surface area (Å²) in [6.07, 6.45) is 11.6. The third-order valence-corrected chi connectivity index (χ3v) is 4.58. The number of nitrogens with zero attached hydrogens (tertiary/aromatic N) is 3. The van der Waals surface area contributed by atoms with E-state index >= 15 is 0 Å². The number of aromatic nitrogens is 2. The summed E-state index contributed by atoms with van der Waals surface area (Å²) in [5, 5.41) is 3.25. The third kappa shape index (κ3) is 3.71. The minimum absolute atomic E-state index is 0.0736. The largest absolute Gasteiger partial charge is 0.353 e. The number of nitrogens with one attached hydrogen (secondary N) is 1. The van der Waals surface area contributed by atoms with Crippen LogP contribution in [-0.2, 0) is 4.79 Å². The van der Waals surface area contributed by atoms with Crippen molar-refractivity contribution in [3.8, 4) is 0 Å². The summed E-state index contributed by atoms with van der Waals surface area (Å²) in [5.41, 5.74) is 0. The van der Waals surface area contributed by atoms with Crippen LogP contribution in [0.25, 0.3) is 0 Å². The predicted molar refractivity (Wildman–Crippen MR) is 82.0 cm³/mol. The summed E-state index contributed by atoms with van der Waals surface area (Å²) in [6.45, 7) is 1.68. The van der Waals surface area contributed by atoms with Crippen molar-refractivity contribution in [2.24, 2.45) is 5.92 Å². The topological polar surface area (TPSA) is 58.1 Å². The lowest BCUT2D eigenvalue weighted by Crippen LogP contribution is -2.46. The molecule has 2 heterocycles. The highest BCUT2D eigenvalue weighted by Gasteiger charge is 2.28. The fourth-order valence-corrected chi connectivity index (χ4v) is 3.39. The maximum Gasteiger partial charge on any atom is 0.225 e. The van der Waals surface area contributed by atoms with Crippen LogP contribution >= 0.6 is 0 Å². The van der Waals surface area contributed by atoms with E-state index in [2.05, 4.69) is 20.2 Å². The molecule has 1 saturated heterocycles. The van der Waals surface area contributed by atoms with Crippen molar-refractivity contribution in [2.45, 2.75) is 51.0 Å². The average molecular weight is 288 g/mol. The molecule has 1 aliphatic carbocycles. The second-order valence-corrected chi connectivity index (χ2v) is 6.18. The summed E-state index contributed by atoms with van der Waals surface area (Å²) in [7, 11) is 0. The van der Waals surface area contributed by atoms with E-state index in [0.29, 0.717) is 6.04 Å². The molecule has 1 aliphatic heterocycles. The third-order valence-electron chi connectivity index (χ3n) is 4.58. The quantitative estimate of drug-likeness (QED) is 0.926. The Morgan fingerprint density at radius 2 is 1.86 bits per heavy atom. The van der Waals surface area contributed by atoms with Gasteiger partial charge >= 0.3 is 0 Å². The first-order valence-electron chi connectivity index (χ1n) is 8.15. The Morgan fingerprint density at radius 3 is 2.62 bits per heavy atom. The first-order valence-corrected chi connectivity index (χ1v) is 8.15. The maximum absolute atomic E-state index is 12.5. The number of hydrogen-bond donors (Lipinski definition) is 1. The number of amides is 1. The minimum atomic E-state index is 0.0736. The Kier molecular flexibility index (Phi) is 4.68. The lowest BCUT2D eigenvalue weighted by Gasteiger charge is -2.33. The van der Waals surface area contributed by atoms with Gasteiger partial charge in [0.25, 0.3) is 0 Å². The highest BCUT2D eigenvalue weighted by atomic mass is 16.2. The molecule has 2 aliphatic rings. The van der Waals surface area contributed by atoms with Crippen molar-refractivity contribution in [1.29, 1.82) is 0 Å². The number of anilines is 1. The first kappa shape index (κ1) is 14.3. The van der Waals surface area contributed by atoms with Crippen molar-refractivity contribution >= 4 is 11.9 Å². The zero-order valence-electron chi connectivity index (χ0n) is 12.5. The molecular formula is C16H24N4O. The van der Waals surface area contributed by atoms with Crippen LogP contribution in [0.3, 0.4) is 0 Å². The molecule has 1 N–H and O–H groups in total. The van der Waals surface area contributed by atoms with Crippen molar-refractivity contribution in [3.63, 3.8) is 0 Å². The zero-order valence-corrected chi connectivity index (χ0v) is 12.5. The maximum atomic E-state index is 12.5. The first-order chi connectivity index (χ1) is 10.3.